The van der Waals surface area contributed by atoms with Crippen LogP contribution in [0.2, 0.25) is 0 Å². The van der Waals surface area contributed by atoms with Crippen LogP contribution in [0.4, 0.5) is 5.69 Å². The standard InChI is InChI=1S/C11H11NO5S/c1-17-11(14)7-2-3-9-8(6-7)12-10(13)4-5-18(9,15)16/h2-3,6H,4-5H2,1H3,(H,12,13). The highest BCUT2D eigenvalue weighted by molar-refractivity contribution is 7.91. The van der Waals surface area contributed by atoms with E-state index in [9.17, 15) is 18.0 Å². The number of methoxy groups -OCH3 is 1. The summed E-state index contributed by atoms with van der Waals surface area (Å²) in [6, 6.07) is 3.98. The van der Waals surface area contributed by atoms with Crippen LogP contribution >= 0.6 is 0 Å². The number of sulfone groups is 1. The number of hydrogen-bond acceptors (Lipinski definition) is 5. The van der Waals surface area contributed by atoms with Crippen LogP contribution in [0.25, 0.3) is 0 Å². The maximum absolute atomic E-state index is 11.9. The minimum Gasteiger partial charge on any atom is -0.465 e. The molecule has 2 rings (SSSR count). The Morgan fingerprint density at radius 3 is 2.78 bits per heavy atom. The van der Waals surface area contributed by atoms with Crippen LogP contribution < -0.4 is 5.32 Å². The van der Waals surface area contributed by atoms with Crippen molar-refractivity contribution in [1.82, 2.24) is 0 Å². The third kappa shape index (κ3) is 2.21. The first kappa shape index (κ1) is 12.6. The van der Waals surface area contributed by atoms with Gasteiger partial charge in [0.2, 0.25) is 5.91 Å². The molecule has 0 saturated heterocycles. The Labute approximate surface area is 104 Å². The van der Waals surface area contributed by atoms with E-state index in [2.05, 4.69) is 10.1 Å². The number of rotatable bonds is 1. The van der Waals surface area contributed by atoms with Crippen LogP contribution in [0.1, 0.15) is 16.8 Å². The molecule has 0 bridgehead atoms. The molecule has 0 unspecified atom stereocenters. The molecule has 0 aliphatic carbocycles. The van der Waals surface area contributed by atoms with Gasteiger partial charge < -0.3 is 10.1 Å². The van der Waals surface area contributed by atoms with E-state index in [4.69, 9.17) is 0 Å². The summed E-state index contributed by atoms with van der Waals surface area (Å²) in [5.41, 5.74) is 0.314. The minimum atomic E-state index is -3.50. The van der Waals surface area contributed by atoms with E-state index in [1.165, 1.54) is 25.3 Å². The first-order valence-electron chi connectivity index (χ1n) is 5.19. The van der Waals surface area contributed by atoms with Crippen molar-refractivity contribution in [2.75, 3.05) is 18.2 Å². The van der Waals surface area contributed by atoms with E-state index in [-0.39, 0.29) is 34.2 Å². The SMILES string of the molecule is COC(=O)c1ccc2c(c1)NC(=O)CCS2(=O)=O. The predicted molar refractivity (Wildman–Crippen MR) is 63.1 cm³/mol. The zero-order chi connectivity index (χ0) is 13.3. The van der Waals surface area contributed by atoms with Crippen LogP contribution in [0.15, 0.2) is 23.1 Å². The molecule has 0 atom stereocenters. The van der Waals surface area contributed by atoms with Gasteiger partial charge >= 0.3 is 5.97 Å². The van der Waals surface area contributed by atoms with E-state index in [0.29, 0.717) is 0 Å². The number of esters is 1. The van der Waals surface area contributed by atoms with Gasteiger partial charge in [0, 0.05) is 6.42 Å². The predicted octanol–water partition coefficient (Wildman–Crippen LogP) is 0.589. The first-order valence-corrected chi connectivity index (χ1v) is 6.84. The largest absolute Gasteiger partial charge is 0.465 e. The number of fused-ring (bicyclic) bond motifs is 1. The molecule has 0 fully saturated rings. The van der Waals surface area contributed by atoms with Crippen LogP contribution in [-0.4, -0.2) is 33.2 Å². The lowest BCUT2D eigenvalue weighted by Gasteiger charge is -2.08. The third-order valence-corrected chi connectivity index (χ3v) is 4.38. The van der Waals surface area contributed by atoms with Gasteiger partial charge in [-0.15, -0.1) is 0 Å². The van der Waals surface area contributed by atoms with Gasteiger partial charge in [-0.05, 0) is 18.2 Å². The highest BCUT2D eigenvalue weighted by Crippen LogP contribution is 2.27. The Bertz CT molecular complexity index is 620. The summed E-state index contributed by atoms with van der Waals surface area (Å²) in [5, 5.41) is 2.47. The average molecular weight is 269 g/mol. The summed E-state index contributed by atoms with van der Waals surface area (Å²) in [7, 11) is -2.27. The van der Waals surface area contributed by atoms with Gasteiger partial charge in [-0.2, -0.15) is 0 Å². The van der Waals surface area contributed by atoms with E-state index in [0.717, 1.165) is 0 Å². The quantitative estimate of drug-likeness (QED) is 0.754. The highest BCUT2D eigenvalue weighted by atomic mass is 32.2. The van der Waals surface area contributed by atoms with Crippen molar-refractivity contribution in [1.29, 1.82) is 0 Å². The lowest BCUT2D eigenvalue weighted by molar-refractivity contribution is -0.115. The van der Waals surface area contributed by atoms with Gasteiger partial charge in [0.05, 0.1) is 29.0 Å². The molecular formula is C11H11NO5S. The van der Waals surface area contributed by atoms with Crippen LogP contribution in [0.3, 0.4) is 0 Å². The highest BCUT2D eigenvalue weighted by Gasteiger charge is 2.26. The molecule has 96 valence electrons. The van der Waals surface area contributed by atoms with Crippen LogP contribution in [0, 0.1) is 0 Å². The maximum atomic E-state index is 11.9. The van der Waals surface area contributed by atoms with Crippen molar-refractivity contribution >= 4 is 27.4 Å². The zero-order valence-corrected chi connectivity index (χ0v) is 10.4. The lowest BCUT2D eigenvalue weighted by atomic mass is 10.2. The van der Waals surface area contributed by atoms with Crippen LogP contribution in [0.5, 0.6) is 0 Å². The number of anilines is 1. The molecule has 1 aliphatic heterocycles. The van der Waals surface area contributed by atoms with Gasteiger partial charge in [-0.3, -0.25) is 4.79 Å². The van der Waals surface area contributed by atoms with Crippen molar-refractivity contribution in [3.8, 4) is 0 Å². The zero-order valence-electron chi connectivity index (χ0n) is 9.60. The summed E-state index contributed by atoms with van der Waals surface area (Å²) >= 11 is 0. The molecular weight excluding hydrogens is 258 g/mol. The first-order chi connectivity index (χ1) is 8.44. The third-order valence-electron chi connectivity index (χ3n) is 2.61. The van der Waals surface area contributed by atoms with Gasteiger partial charge in [0.15, 0.2) is 9.84 Å². The second kappa shape index (κ2) is 4.41. The molecule has 1 amide bonds. The van der Waals surface area contributed by atoms with Crippen molar-refractivity contribution in [3.63, 3.8) is 0 Å². The van der Waals surface area contributed by atoms with Crippen molar-refractivity contribution in [2.45, 2.75) is 11.3 Å². The normalized spacial score (nSPS) is 17.3. The van der Waals surface area contributed by atoms with Crippen molar-refractivity contribution in [3.05, 3.63) is 23.8 Å². The van der Waals surface area contributed by atoms with Gasteiger partial charge in [-0.1, -0.05) is 0 Å². The second-order valence-corrected chi connectivity index (χ2v) is 5.90. The molecule has 0 saturated carbocycles. The topological polar surface area (TPSA) is 89.5 Å². The Kier molecular flexibility index (Phi) is 3.08. The van der Waals surface area contributed by atoms with E-state index < -0.39 is 15.8 Å². The molecule has 0 aromatic heterocycles. The van der Waals surface area contributed by atoms with E-state index >= 15 is 0 Å². The van der Waals surface area contributed by atoms with Gasteiger partial charge in [-0.25, -0.2) is 13.2 Å². The fraction of sp³-hybridized carbons (Fsp3) is 0.273. The van der Waals surface area contributed by atoms with Crippen LogP contribution in [-0.2, 0) is 19.4 Å². The summed E-state index contributed by atoms with van der Waals surface area (Å²) in [4.78, 5) is 22.8. The summed E-state index contributed by atoms with van der Waals surface area (Å²) < 4.78 is 28.3. The Balaban J connectivity index is 2.57. The van der Waals surface area contributed by atoms with E-state index in [1.807, 2.05) is 0 Å². The Morgan fingerprint density at radius 2 is 2.11 bits per heavy atom. The van der Waals surface area contributed by atoms with Crippen molar-refractivity contribution < 1.29 is 22.7 Å². The molecule has 18 heavy (non-hydrogen) atoms. The Morgan fingerprint density at radius 1 is 1.39 bits per heavy atom. The molecule has 1 aromatic rings. The fourth-order valence-electron chi connectivity index (χ4n) is 1.69. The smallest absolute Gasteiger partial charge is 0.337 e. The monoisotopic (exact) mass is 269 g/mol. The molecule has 1 N–H and O–H groups in total. The molecule has 1 heterocycles. The number of ether oxygens (including phenoxy) is 1. The summed E-state index contributed by atoms with van der Waals surface area (Å²) in [6.45, 7) is 0. The Hall–Kier alpha value is -1.89. The average Bonchev–Trinajstić information content (AvgIpc) is 2.45. The number of benzene rings is 1. The lowest BCUT2D eigenvalue weighted by Crippen LogP contribution is -2.11. The number of hydrogen-bond donors (Lipinski definition) is 1. The number of carbonyl (C=O) groups excluding carboxylic acids is 2. The molecule has 7 heteroatoms. The number of amides is 1. The van der Waals surface area contributed by atoms with Crippen molar-refractivity contribution in [2.24, 2.45) is 0 Å². The number of nitrogens with one attached hydrogen (secondary N) is 1. The summed E-state index contributed by atoms with van der Waals surface area (Å²) in [5.74, 6) is -1.21. The van der Waals surface area contributed by atoms with Gasteiger partial charge in [0.1, 0.15) is 0 Å². The molecule has 1 aliphatic rings. The maximum Gasteiger partial charge on any atom is 0.337 e. The van der Waals surface area contributed by atoms with Gasteiger partial charge in [0.25, 0.3) is 0 Å². The molecule has 1 aromatic carbocycles. The number of carbonyl (C=O) groups is 2. The summed E-state index contributed by atoms with van der Waals surface area (Å²) in [6.07, 6.45) is -0.0927. The minimum absolute atomic E-state index is 0.0287. The molecule has 6 nitrogen and oxygen atoms in total. The second-order valence-electron chi connectivity index (χ2n) is 3.82. The molecule has 0 spiro atoms. The molecule has 0 radical (unpaired) electrons. The van der Waals surface area contributed by atoms with E-state index in [1.54, 1.807) is 0 Å². The fourth-order valence-corrected chi connectivity index (χ4v) is 3.09.